The van der Waals surface area contributed by atoms with E-state index in [1.165, 1.54) is 33.5 Å². The number of rotatable bonds is 5. The van der Waals surface area contributed by atoms with E-state index in [-0.39, 0.29) is 29.0 Å². The number of anilines is 1. The van der Waals surface area contributed by atoms with Crippen molar-refractivity contribution in [3.8, 4) is 0 Å². The van der Waals surface area contributed by atoms with Crippen molar-refractivity contribution in [2.24, 2.45) is 0 Å². The molecule has 9 heteroatoms. The number of methoxy groups -OCH3 is 3. The van der Waals surface area contributed by atoms with Crippen LogP contribution in [0.15, 0.2) is 12.1 Å². The first-order chi connectivity index (χ1) is 12.0. The monoisotopic (exact) mass is 353 g/mol. The van der Waals surface area contributed by atoms with Gasteiger partial charge in [-0.15, -0.1) is 0 Å². The van der Waals surface area contributed by atoms with Crippen molar-refractivity contribution >= 4 is 23.6 Å². The van der Waals surface area contributed by atoms with Crippen LogP contribution < -0.4 is 5.32 Å². The number of nitrogens with one attached hydrogen (secondary N) is 1. The first-order valence-corrected chi connectivity index (χ1v) is 7.40. The van der Waals surface area contributed by atoms with Crippen LogP contribution in [0.3, 0.4) is 0 Å². The van der Waals surface area contributed by atoms with Gasteiger partial charge in [-0.05, 0) is 12.1 Å². The summed E-state index contributed by atoms with van der Waals surface area (Å²) in [5.41, 5.74) is 0.0801. The Morgan fingerprint density at radius 2 is 1.52 bits per heavy atom. The largest absolute Gasteiger partial charge is 0.465 e. The lowest BCUT2D eigenvalue weighted by Gasteiger charge is -2.26. The molecule has 0 bridgehead atoms. The second-order valence-corrected chi connectivity index (χ2v) is 5.00. The van der Waals surface area contributed by atoms with Gasteiger partial charge in [0.25, 0.3) is 0 Å². The Morgan fingerprint density at radius 1 is 0.960 bits per heavy atom. The number of esters is 3. The van der Waals surface area contributed by atoms with Crippen molar-refractivity contribution in [2.45, 2.75) is 6.23 Å². The minimum atomic E-state index is -0.741. The van der Waals surface area contributed by atoms with Crippen LogP contribution in [0.25, 0.3) is 0 Å². The average Bonchev–Trinajstić information content (AvgIpc) is 2.66. The number of carbonyl (C=O) groups is 3. The molecule has 1 atom stereocenters. The quantitative estimate of drug-likeness (QED) is 0.608. The highest BCUT2D eigenvalue weighted by Crippen LogP contribution is 2.27. The highest BCUT2D eigenvalue weighted by atomic mass is 16.6. The summed E-state index contributed by atoms with van der Waals surface area (Å²) in [6.45, 7) is 1.03. The van der Waals surface area contributed by atoms with Crippen LogP contribution >= 0.6 is 0 Å². The Morgan fingerprint density at radius 3 is 1.96 bits per heavy atom. The second-order valence-electron chi connectivity index (χ2n) is 5.00. The van der Waals surface area contributed by atoms with Crippen LogP contribution in [0.2, 0.25) is 0 Å². The number of hydrogen-bond donors (Lipinski definition) is 1. The van der Waals surface area contributed by atoms with Crippen molar-refractivity contribution in [3.63, 3.8) is 0 Å². The molecule has 1 saturated heterocycles. The van der Waals surface area contributed by atoms with E-state index in [2.05, 4.69) is 10.1 Å². The normalized spacial score (nSPS) is 16.7. The van der Waals surface area contributed by atoms with Crippen molar-refractivity contribution in [1.82, 2.24) is 0 Å². The average molecular weight is 353 g/mol. The third-order valence-corrected chi connectivity index (χ3v) is 3.49. The lowest BCUT2D eigenvalue weighted by Crippen LogP contribution is -2.36. The molecule has 1 unspecified atom stereocenters. The molecule has 25 heavy (non-hydrogen) atoms. The predicted molar refractivity (Wildman–Crippen MR) is 84.6 cm³/mol. The summed E-state index contributed by atoms with van der Waals surface area (Å²) >= 11 is 0. The van der Waals surface area contributed by atoms with Gasteiger partial charge < -0.3 is 29.0 Å². The molecule has 1 aromatic rings. The molecule has 136 valence electrons. The summed E-state index contributed by atoms with van der Waals surface area (Å²) in [4.78, 5) is 36.2. The summed E-state index contributed by atoms with van der Waals surface area (Å²) in [6.07, 6.45) is -0.579. The van der Waals surface area contributed by atoms with Crippen LogP contribution in [-0.2, 0) is 23.7 Å². The van der Waals surface area contributed by atoms with Gasteiger partial charge in [0.05, 0.1) is 63.5 Å². The van der Waals surface area contributed by atoms with Crippen LogP contribution in [0, 0.1) is 0 Å². The third kappa shape index (κ3) is 4.25. The standard InChI is InChI=1S/C16H19NO8/c1-21-14(18)9-6-10(15(19)22-2)13(11(7-9)16(20)23-3)17-12-8-24-4-5-25-12/h6-7,12,17H,4-5,8H2,1-3H3. The van der Waals surface area contributed by atoms with Crippen molar-refractivity contribution < 1.29 is 38.1 Å². The van der Waals surface area contributed by atoms with E-state index in [9.17, 15) is 14.4 Å². The Bertz CT molecular complexity index is 629. The molecule has 0 radical (unpaired) electrons. The van der Waals surface area contributed by atoms with Gasteiger partial charge in [0.15, 0.2) is 6.23 Å². The van der Waals surface area contributed by atoms with Gasteiger partial charge in [-0.2, -0.15) is 0 Å². The fourth-order valence-corrected chi connectivity index (χ4v) is 2.31. The minimum Gasteiger partial charge on any atom is -0.465 e. The number of hydrogen-bond acceptors (Lipinski definition) is 9. The van der Waals surface area contributed by atoms with E-state index in [1.54, 1.807) is 0 Å². The Kier molecular flexibility index (Phi) is 6.31. The van der Waals surface area contributed by atoms with E-state index < -0.39 is 24.1 Å². The molecule has 2 rings (SSSR count). The van der Waals surface area contributed by atoms with Crippen molar-refractivity contribution in [2.75, 3.05) is 46.5 Å². The van der Waals surface area contributed by atoms with E-state index in [0.29, 0.717) is 13.2 Å². The first-order valence-electron chi connectivity index (χ1n) is 7.40. The molecule has 1 aromatic carbocycles. The maximum Gasteiger partial charge on any atom is 0.340 e. The lowest BCUT2D eigenvalue weighted by molar-refractivity contribution is -0.0757. The zero-order valence-electron chi connectivity index (χ0n) is 14.1. The smallest absolute Gasteiger partial charge is 0.340 e. The van der Waals surface area contributed by atoms with Crippen LogP contribution in [0.1, 0.15) is 31.1 Å². The number of ether oxygens (including phenoxy) is 5. The van der Waals surface area contributed by atoms with E-state index in [4.69, 9.17) is 18.9 Å². The van der Waals surface area contributed by atoms with Crippen molar-refractivity contribution in [3.05, 3.63) is 28.8 Å². The van der Waals surface area contributed by atoms with E-state index >= 15 is 0 Å². The number of benzene rings is 1. The molecule has 0 spiro atoms. The van der Waals surface area contributed by atoms with Gasteiger partial charge in [-0.1, -0.05) is 0 Å². The molecule has 0 aliphatic carbocycles. The molecule has 0 amide bonds. The molecule has 1 aliphatic rings. The summed E-state index contributed by atoms with van der Waals surface area (Å²) in [7, 11) is 3.57. The van der Waals surface area contributed by atoms with Crippen LogP contribution in [-0.4, -0.2) is 65.3 Å². The highest BCUT2D eigenvalue weighted by Gasteiger charge is 2.27. The second kappa shape index (κ2) is 8.45. The fourth-order valence-electron chi connectivity index (χ4n) is 2.31. The predicted octanol–water partition coefficient (Wildman–Crippen LogP) is 0.831. The SMILES string of the molecule is COC(=O)c1cc(C(=O)OC)c(NC2COCCO2)c(C(=O)OC)c1. The molecule has 0 aromatic heterocycles. The van der Waals surface area contributed by atoms with Crippen LogP contribution in [0.4, 0.5) is 5.69 Å². The fraction of sp³-hybridized carbons (Fsp3) is 0.438. The Labute approximate surface area is 144 Å². The molecular weight excluding hydrogens is 334 g/mol. The summed E-state index contributed by atoms with van der Waals surface area (Å²) in [6, 6.07) is 2.55. The van der Waals surface area contributed by atoms with Crippen molar-refractivity contribution in [1.29, 1.82) is 0 Å². The topological polar surface area (TPSA) is 109 Å². The summed E-state index contributed by atoms with van der Waals surface area (Å²) in [5, 5.41) is 2.93. The molecule has 1 fully saturated rings. The molecule has 1 N–H and O–H groups in total. The molecular formula is C16H19NO8. The van der Waals surface area contributed by atoms with Gasteiger partial charge in [0.1, 0.15) is 0 Å². The molecule has 1 aliphatic heterocycles. The van der Waals surface area contributed by atoms with Gasteiger partial charge in [-0.3, -0.25) is 0 Å². The van der Waals surface area contributed by atoms with Crippen LogP contribution in [0.5, 0.6) is 0 Å². The lowest BCUT2D eigenvalue weighted by atomic mass is 10.0. The van der Waals surface area contributed by atoms with Gasteiger partial charge in [0.2, 0.25) is 0 Å². The molecule has 9 nitrogen and oxygen atoms in total. The van der Waals surface area contributed by atoms with Gasteiger partial charge in [-0.25, -0.2) is 14.4 Å². The minimum absolute atomic E-state index is 0.00895. The maximum absolute atomic E-state index is 12.2. The summed E-state index contributed by atoms with van der Waals surface area (Å²) < 4.78 is 24.9. The first kappa shape index (κ1) is 18.7. The van der Waals surface area contributed by atoms with Gasteiger partial charge >= 0.3 is 17.9 Å². The summed E-state index contributed by atoms with van der Waals surface area (Å²) in [5.74, 6) is -2.19. The maximum atomic E-state index is 12.2. The molecule has 1 heterocycles. The third-order valence-electron chi connectivity index (χ3n) is 3.49. The van der Waals surface area contributed by atoms with E-state index in [1.807, 2.05) is 0 Å². The molecule has 0 saturated carbocycles. The highest BCUT2D eigenvalue weighted by molar-refractivity contribution is 6.07. The van der Waals surface area contributed by atoms with Gasteiger partial charge in [0, 0.05) is 0 Å². The van der Waals surface area contributed by atoms with E-state index in [0.717, 1.165) is 0 Å². The zero-order valence-corrected chi connectivity index (χ0v) is 14.1. The number of carbonyl (C=O) groups excluding carboxylic acids is 3. The Hall–Kier alpha value is -2.65. The zero-order chi connectivity index (χ0) is 18.4. The Balaban J connectivity index is 2.56.